The van der Waals surface area contributed by atoms with Gasteiger partial charge >= 0.3 is 5.38 Å². The van der Waals surface area contributed by atoms with E-state index in [4.69, 9.17) is 34.8 Å². The molecule has 40 heavy (non-hydrogen) atoms. The Morgan fingerprint density at radius 1 is 1.05 bits per heavy atom. The number of nitrogens with zero attached hydrogens (tertiary/aromatic N) is 2. The maximum absolute atomic E-state index is 13.2. The van der Waals surface area contributed by atoms with E-state index in [1.165, 1.54) is 12.5 Å². The molecule has 2 aliphatic heterocycles. The molecule has 2 amide bonds. The molecule has 0 bridgehead atoms. The number of carbonyl (C=O) groups excluding carboxylic acids is 2. The quantitative estimate of drug-likeness (QED) is 0.271. The van der Waals surface area contributed by atoms with Gasteiger partial charge in [0.2, 0.25) is 12.3 Å². The van der Waals surface area contributed by atoms with Gasteiger partial charge in [-0.2, -0.15) is 8.78 Å². The third-order valence-electron chi connectivity index (χ3n) is 6.38. The van der Waals surface area contributed by atoms with Gasteiger partial charge in [-0.05, 0) is 72.9 Å². The number of aromatic nitrogens is 1. The molecular weight excluding hydrogens is 605 g/mol. The highest BCUT2D eigenvalue weighted by atomic mass is 35.5. The summed E-state index contributed by atoms with van der Waals surface area (Å²) in [6, 6.07) is 12.1. The van der Waals surface area contributed by atoms with Gasteiger partial charge < -0.3 is 20.1 Å². The van der Waals surface area contributed by atoms with Crippen molar-refractivity contribution < 1.29 is 18.4 Å². The second kappa shape index (κ2) is 12.9. The van der Waals surface area contributed by atoms with Gasteiger partial charge in [-0.15, -0.1) is 0 Å². The van der Waals surface area contributed by atoms with Crippen molar-refractivity contribution in [3.05, 3.63) is 85.2 Å². The molecule has 1 fully saturated rings. The van der Waals surface area contributed by atoms with E-state index in [0.717, 1.165) is 55.0 Å². The molecule has 1 saturated heterocycles. The van der Waals surface area contributed by atoms with Crippen molar-refractivity contribution in [3.63, 3.8) is 0 Å². The highest BCUT2D eigenvalue weighted by Gasteiger charge is 2.30. The van der Waals surface area contributed by atoms with Crippen LogP contribution in [-0.2, 0) is 28.1 Å². The Bertz CT molecular complexity index is 1460. The molecule has 0 aliphatic carbocycles. The number of benzene rings is 2. The smallest absolute Gasteiger partial charge is 0.337 e. The van der Waals surface area contributed by atoms with E-state index in [1.807, 2.05) is 23.1 Å². The molecule has 2 aliphatic rings. The van der Waals surface area contributed by atoms with Gasteiger partial charge in [-0.1, -0.05) is 47.1 Å². The standard InChI is InChI=1S/C14H17N3O2.C13H8Cl3F2NOS/c18-10-16-8-11-2-3-13(6-12(11)9-16)17-5-1-4-15-7-14(17)19;1-6-9(5-10(13(16,17)18)19-12(6)20)21-11-7(14)3-2-4-8(11)15/h2-3,6,10,15H,1,4-5,7-9H2;2-5H,1H3,(H,19,20). The first-order valence-electron chi connectivity index (χ1n) is 12.2. The summed E-state index contributed by atoms with van der Waals surface area (Å²) in [5, 5.41) is 0.193. The highest BCUT2D eigenvalue weighted by molar-refractivity contribution is 7.99. The van der Waals surface area contributed by atoms with E-state index in [-0.39, 0.29) is 11.5 Å². The highest BCUT2D eigenvalue weighted by Crippen LogP contribution is 2.41. The lowest BCUT2D eigenvalue weighted by Crippen LogP contribution is -2.34. The summed E-state index contributed by atoms with van der Waals surface area (Å²) < 4.78 is 26.4. The van der Waals surface area contributed by atoms with Crippen molar-refractivity contribution in [1.29, 1.82) is 0 Å². The Labute approximate surface area is 248 Å². The third-order valence-corrected chi connectivity index (χ3v) is 8.73. The van der Waals surface area contributed by atoms with E-state index >= 15 is 0 Å². The van der Waals surface area contributed by atoms with Crippen molar-refractivity contribution >= 4 is 64.6 Å². The van der Waals surface area contributed by atoms with Gasteiger partial charge in [0.15, 0.2) is 0 Å². The number of anilines is 1. The van der Waals surface area contributed by atoms with E-state index in [2.05, 4.69) is 10.3 Å². The molecule has 0 unspecified atom stereocenters. The third kappa shape index (κ3) is 7.16. The lowest BCUT2D eigenvalue weighted by Gasteiger charge is -2.21. The van der Waals surface area contributed by atoms with Gasteiger partial charge in [-0.25, -0.2) is 0 Å². The molecule has 7 nitrogen and oxygen atoms in total. The van der Waals surface area contributed by atoms with Crippen LogP contribution < -0.4 is 15.8 Å². The SMILES string of the molecule is Cc1c(Sc2c(Cl)cccc2Cl)cc(C(F)(F)Cl)[nH]c1=O.O=CN1Cc2ccc(N3CCCNCC3=O)cc2C1. The number of fused-ring (bicyclic) bond motifs is 1. The molecule has 2 N–H and O–H groups in total. The first kappa shape index (κ1) is 30.3. The number of alkyl halides is 3. The number of nitrogens with one attached hydrogen (secondary N) is 2. The summed E-state index contributed by atoms with van der Waals surface area (Å²) in [5.74, 6) is 0.114. The van der Waals surface area contributed by atoms with E-state index in [9.17, 15) is 23.2 Å². The number of rotatable bonds is 5. The fourth-order valence-corrected chi connectivity index (χ4v) is 5.96. The van der Waals surface area contributed by atoms with Gasteiger partial charge in [0.1, 0.15) is 5.69 Å². The zero-order valence-electron chi connectivity index (χ0n) is 21.3. The number of H-pyrrole nitrogens is 1. The fraction of sp³-hybridized carbons (Fsp3) is 0.296. The van der Waals surface area contributed by atoms with Crippen molar-refractivity contribution in [2.24, 2.45) is 0 Å². The molecule has 212 valence electrons. The Morgan fingerprint density at radius 3 is 2.42 bits per heavy atom. The topological polar surface area (TPSA) is 85.5 Å². The van der Waals surface area contributed by atoms with Gasteiger partial charge in [0, 0.05) is 40.7 Å². The van der Waals surface area contributed by atoms with Gasteiger partial charge in [0.25, 0.3) is 5.56 Å². The maximum Gasteiger partial charge on any atom is 0.362 e. The minimum atomic E-state index is -3.66. The average molecular weight is 630 g/mol. The molecule has 1 aromatic heterocycles. The Hall–Kier alpha value is -2.63. The van der Waals surface area contributed by atoms with Crippen LogP contribution in [0.4, 0.5) is 14.5 Å². The fourth-order valence-electron chi connectivity index (χ4n) is 4.25. The lowest BCUT2D eigenvalue weighted by molar-refractivity contribution is -0.119. The number of amides is 2. The minimum absolute atomic E-state index is 0.114. The van der Waals surface area contributed by atoms with Crippen LogP contribution in [0.5, 0.6) is 0 Å². The van der Waals surface area contributed by atoms with Crippen LogP contribution in [-0.4, -0.2) is 41.8 Å². The zero-order chi connectivity index (χ0) is 29.0. The van der Waals surface area contributed by atoms with Crippen molar-refractivity contribution in [2.75, 3.05) is 24.5 Å². The summed E-state index contributed by atoms with van der Waals surface area (Å²) in [7, 11) is 0. The van der Waals surface area contributed by atoms with Crippen LogP contribution in [0.2, 0.25) is 10.0 Å². The molecule has 3 heterocycles. The molecule has 3 aromatic rings. The number of carbonyl (C=O) groups is 2. The number of halogens is 5. The molecule has 13 heteroatoms. The average Bonchev–Trinajstić information content (AvgIpc) is 3.20. The number of pyridine rings is 1. The summed E-state index contributed by atoms with van der Waals surface area (Å²) in [4.78, 5) is 41.0. The summed E-state index contributed by atoms with van der Waals surface area (Å²) in [6.45, 7) is 4.87. The zero-order valence-corrected chi connectivity index (χ0v) is 24.4. The number of hydrogen-bond donors (Lipinski definition) is 2. The molecule has 0 spiro atoms. The molecular formula is C27H25Cl3F2N4O3S. The van der Waals surface area contributed by atoms with Crippen LogP contribution in [0.1, 0.15) is 28.8 Å². The van der Waals surface area contributed by atoms with Crippen molar-refractivity contribution in [3.8, 4) is 0 Å². The van der Waals surface area contributed by atoms with Crippen LogP contribution in [0.25, 0.3) is 0 Å². The number of aromatic amines is 1. The first-order chi connectivity index (χ1) is 19.0. The molecule has 2 aromatic carbocycles. The van der Waals surface area contributed by atoms with Gasteiger partial charge in [-0.3, -0.25) is 14.4 Å². The van der Waals surface area contributed by atoms with Crippen molar-refractivity contribution in [2.45, 2.75) is 41.6 Å². The lowest BCUT2D eigenvalue weighted by atomic mass is 10.1. The Morgan fingerprint density at radius 2 is 1.75 bits per heavy atom. The first-order valence-corrected chi connectivity index (χ1v) is 14.2. The molecule has 0 radical (unpaired) electrons. The van der Waals surface area contributed by atoms with Gasteiger partial charge in [0.05, 0.1) is 16.6 Å². The largest absolute Gasteiger partial charge is 0.362 e. The van der Waals surface area contributed by atoms with E-state index < -0.39 is 16.6 Å². The Kier molecular flexibility index (Phi) is 9.79. The monoisotopic (exact) mass is 628 g/mol. The van der Waals surface area contributed by atoms with Crippen LogP contribution in [0.3, 0.4) is 0 Å². The van der Waals surface area contributed by atoms with E-state index in [0.29, 0.717) is 39.5 Å². The summed E-state index contributed by atoms with van der Waals surface area (Å²) in [6.07, 6.45) is 1.84. The van der Waals surface area contributed by atoms with Crippen LogP contribution in [0.15, 0.2) is 57.1 Å². The van der Waals surface area contributed by atoms with Crippen LogP contribution >= 0.6 is 46.6 Å². The molecule has 0 atom stereocenters. The molecule has 0 saturated carbocycles. The number of hydrogen-bond acceptors (Lipinski definition) is 5. The minimum Gasteiger partial charge on any atom is -0.337 e. The summed E-state index contributed by atoms with van der Waals surface area (Å²) in [5.41, 5.74) is 2.23. The van der Waals surface area contributed by atoms with Crippen molar-refractivity contribution in [1.82, 2.24) is 15.2 Å². The predicted molar refractivity (Wildman–Crippen MR) is 154 cm³/mol. The predicted octanol–water partition coefficient (Wildman–Crippen LogP) is 5.91. The maximum atomic E-state index is 13.2. The Balaban J connectivity index is 0.000000186. The van der Waals surface area contributed by atoms with E-state index in [1.54, 1.807) is 23.1 Å². The van der Waals surface area contributed by atoms with Crippen LogP contribution in [0, 0.1) is 6.92 Å². The molecule has 5 rings (SSSR count). The summed E-state index contributed by atoms with van der Waals surface area (Å²) >= 11 is 18.1. The second-order valence-corrected chi connectivity index (χ2v) is 11.5. The normalized spacial score (nSPS) is 15.3. The second-order valence-electron chi connectivity index (χ2n) is 9.19.